The lowest BCUT2D eigenvalue weighted by molar-refractivity contribution is -0.136. The largest absolute Gasteiger partial charge is 0.341 e. The van der Waals surface area contributed by atoms with Gasteiger partial charge in [0.1, 0.15) is 0 Å². The normalized spacial score (nSPS) is 21.2. The predicted octanol–water partition coefficient (Wildman–Crippen LogP) is 3.95. The van der Waals surface area contributed by atoms with E-state index in [2.05, 4.69) is 21.9 Å². The highest BCUT2D eigenvalue weighted by molar-refractivity contribution is 6.30. The number of hydrogen-bond donors (Lipinski definition) is 0. The molecule has 0 aromatic heterocycles. The zero-order valence-corrected chi connectivity index (χ0v) is 14.6. The summed E-state index contributed by atoms with van der Waals surface area (Å²) >= 11 is 5.95. The second kappa shape index (κ2) is 8.16. The molecule has 0 spiro atoms. The Morgan fingerprint density at radius 3 is 2.43 bits per heavy atom. The Hall–Kier alpha value is -1.06. The summed E-state index contributed by atoms with van der Waals surface area (Å²) in [5.74, 6) is 0.713. The van der Waals surface area contributed by atoms with Crippen LogP contribution in [0.25, 0.3) is 0 Å². The molecule has 126 valence electrons. The molecule has 2 fully saturated rings. The monoisotopic (exact) mass is 334 g/mol. The maximum Gasteiger partial charge on any atom is 0.225 e. The average molecular weight is 335 g/mol. The molecule has 1 saturated heterocycles. The molecule has 1 amide bonds. The van der Waals surface area contributed by atoms with Crippen molar-refractivity contribution in [2.75, 3.05) is 26.2 Å². The standard InChI is InChI=1S/C19H27ClN2O/c20-18-9-7-16(8-10-18)15-21-11-4-12-22(14-13-21)19(23)17-5-2-1-3-6-17/h7-10,17H,1-6,11-15H2. The first-order chi connectivity index (χ1) is 11.2. The fraction of sp³-hybridized carbons (Fsp3) is 0.632. The number of hydrogen-bond acceptors (Lipinski definition) is 2. The molecule has 0 unspecified atom stereocenters. The number of halogens is 1. The minimum Gasteiger partial charge on any atom is -0.341 e. The van der Waals surface area contributed by atoms with Crippen LogP contribution in [-0.2, 0) is 11.3 Å². The third-order valence-electron chi connectivity index (χ3n) is 5.17. The molecule has 0 atom stereocenters. The third kappa shape index (κ3) is 4.71. The van der Waals surface area contributed by atoms with Crippen molar-refractivity contribution in [3.63, 3.8) is 0 Å². The summed E-state index contributed by atoms with van der Waals surface area (Å²) in [6.07, 6.45) is 7.04. The Balaban J connectivity index is 1.52. The maximum absolute atomic E-state index is 12.7. The second-order valence-electron chi connectivity index (χ2n) is 6.92. The lowest BCUT2D eigenvalue weighted by atomic mass is 9.88. The van der Waals surface area contributed by atoms with E-state index in [0.717, 1.165) is 57.0 Å². The average Bonchev–Trinajstić information content (AvgIpc) is 2.83. The van der Waals surface area contributed by atoms with E-state index in [-0.39, 0.29) is 0 Å². The van der Waals surface area contributed by atoms with Crippen molar-refractivity contribution in [1.29, 1.82) is 0 Å². The van der Waals surface area contributed by atoms with E-state index in [4.69, 9.17) is 11.6 Å². The summed E-state index contributed by atoms with van der Waals surface area (Å²) < 4.78 is 0. The van der Waals surface area contributed by atoms with Crippen LogP contribution in [-0.4, -0.2) is 41.9 Å². The number of amides is 1. The molecule has 0 radical (unpaired) electrons. The van der Waals surface area contributed by atoms with Gasteiger partial charge < -0.3 is 4.90 Å². The van der Waals surface area contributed by atoms with Gasteiger partial charge in [-0.2, -0.15) is 0 Å². The van der Waals surface area contributed by atoms with Gasteiger partial charge in [0, 0.05) is 43.7 Å². The van der Waals surface area contributed by atoms with Crippen molar-refractivity contribution < 1.29 is 4.79 Å². The SMILES string of the molecule is O=C(C1CCCCC1)N1CCCN(Cc2ccc(Cl)cc2)CC1. The van der Waals surface area contributed by atoms with Gasteiger partial charge in [0.25, 0.3) is 0 Å². The number of nitrogens with zero attached hydrogens (tertiary/aromatic N) is 2. The number of carbonyl (C=O) groups excluding carboxylic acids is 1. The zero-order valence-electron chi connectivity index (χ0n) is 13.8. The van der Waals surface area contributed by atoms with Gasteiger partial charge in [-0.1, -0.05) is 43.0 Å². The summed E-state index contributed by atoms with van der Waals surface area (Å²) in [6, 6.07) is 8.09. The molecular formula is C19H27ClN2O. The van der Waals surface area contributed by atoms with E-state index in [0.29, 0.717) is 11.8 Å². The highest BCUT2D eigenvalue weighted by Crippen LogP contribution is 2.26. The van der Waals surface area contributed by atoms with Gasteiger partial charge in [0.15, 0.2) is 0 Å². The molecule has 1 saturated carbocycles. The van der Waals surface area contributed by atoms with Crippen LogP contribution in [0.4, 0.5) is 0 Å². The van der Waals surface area contributed by atoms with Crippen LogP contribution >= 0.6 is 11.6 Å². The first-order valence-corrected chi connectivity index (χ1v) is 9.36. The minimum atomic E-state index is 0.298. The van der Waals surface area contributed by atoms with Crippen LogP contribution in [0, 0.1) is 5.92 Å². The highest BCUT2D eigenvalue weighted by atomic mass is 35.5. The van der Waals surface area contributed by atoms with Crippen molar-refractivity contribution in [3.05, 3.63) is 34.9 Å². The third-order valence-corrected chi connectivity index (χ3v) is 5.43. The summed E-state index contributed by atoms with van der Waals surface area (Å²) in [4.78, 5) is 17.3. The molecule has 1 aromatic carbocycles. The molecule has 23 heavy (non-hydrogen) atoms. The molecule has 0 bridgehead atoms. The summed E-state index contributed by atoms with van der Waals surface area (Å²) in [5.41, 5.74) is 1.29. The zero-order chi connectivity index (χ0) is 16.1. The first kappa shape index (κ1) is 16.8. The maximum atomic E-state index is 12.7. The van der Waals surface area contributed by atoms with Gasteiger partial charge >= 0.3 is 0 Å². The topological polar surface area (TPSA) is 23.6 Å². The van der Waals surface area contributed by atoms with Gasteiger partial charge in [-0.05, 0) is 37.0 Å². The predicted molar refractivity (Wildman–Crippen MR) is 94.5 cm³/mol. The summed E-state index contributed by atoms with van der Waals surface area (Å²) in [7, 11) is 0. The van der Waals surface area contributed by atoms with E-state index in [1.54, 1.807) is 0 Å². The van der Waals surface area contributed by atoms with E-state index in [1.165, 1.54) is 24.8 Å². The van der Waals surface area contributed by atoms with Crippen molar-refractivity contribution in [1.82, 2.24) is 9.80 Å². The van der Waals surface area contributed by atoms with Gasteiger partial charge in [-0.25, -0.2) is 0 Å². The van der Waals surface area contributed by atoms with Gasteiger partial charge in [0.05, 0.1) is 0 Å². The minimum absolute atomic E-state index is 0.298. The van der Waals surface area contributed by atoms with Crippen LogP contribution in [0.5, 0.6) is 0 Å². The fourth-order valence-corrected chi connectivity index (χ4v) is 3.93. The van der Waals surface area contributed by atoms with Crippen LogP contribution in [0.1, 0.15) is 44.1 Å². The number of rotatable bonds is 3. The number of benzene rings is 1. The molecule has 4 heteroatoms. The summed E-state index contributed by atoms with van der Waals surface area (Å²) in [6.45, 7) is 4.79. The molecule has 3 rings (SSSR count). The molecule has 1 aliphatic heterocycles. The van der Waals surface area contributed by atoms with E-state index in [1.807, 2.05) is 12.1 Å². The van der Waals surface area contributed by atoms with Crippen molar-refractivity contribution in [2.45, 2.75) is 45.1 Å². The van der Waals surface area contributed by atoms with Crippen LogP contribution in [0.15, 0.2) is 24.3 Å². The molecule has 0 N–H and O–H groups in total. The Bertz CT molecular complexity index is 511. The molecule has 1 aromatic rings. The molecule has 3 nitrogen and oxygen atoms in total. The van der Waals surface area contributed by atoms with Gasteiger partial charge in [-0.3, -0.25) is 9.69 Å². The first-order valence-electron chi connectivity index (χ1n) is 8.98. The van der Waals surface area contributed by atoms with Crippen LogP contribution in [0.2, 0.25) is 5.02 Å². The molecule has 1 heterocycles. The Morgan fingerprint density at radius 1 is 0.957 bits per heavy atom. The number of carbonyl (C=O) groups is 1. The van der Waals surface area contributed by atoms with Gasteiger partial charge in [-0.15, -0.1) is 0 Å². The summed E-state index contributed by atoms with van der Waals surface area (Å²) in [5, 5.41) is 0.786. The van der Waals surface area contributed by atoms with E-state index < -0.39 is 0 Å². The molecular weight excluding hydrogens is 308 g/mol. The van der Waals surface area contributed by atoms with Gasteiger partial charge in [0.2, 0.25) is 5.91 Å². The Morgan fingerprint density at radius 2 is 1.70 bits per heavy atom. The molecule has 2 aliphatic rings. The van der Waals surface area contributed by atoms with Crippen molar-refractivity contribution in [3.8, 4) is 0 Å². The molecule has 1 aliphatic carbocycles. The Kier molecular flexibility index (Phi) is 5.96. The van der Waals surface area contributed by atoms with Crippen LogP contribution in [0.3, 0.4) is 0 Å². The Labute approximate surface area is 144 Å². The van der Waals surface area contributed by atoms with Crippen LogP contribution < -0.4 is 0 Å². The fourth-order valence-electron chi connectivity index (χ4n) is 3.81. The van der Waals surface area contributed by atoms with E-state index in [9.17, 15) is 4.79 Å². The van der Waals surface area contributed by atoms with Crippen molar-refractivity contribution >= 4 is 17.5 Å². The quantitative estimate of drug-likeness (QED) is 0.835. The van der Waals surface area contributed by atoms with E-state index >= 15 is 0 Å². The van der Waals surface area contributed by atoms with Crippen molar-refractivity contribution in [2.24, 2.45) is 5.92 Å². The second-order valence-corrected chi connectivity index (χ2v) is 7.35. The lowest BCUT2D eigenvalue weighted by Gasteiger charge is -2.28. The lowest BCUT2D eigenvalue weighted by Crippen LogP contribution is -2.39. The highest BCUT2D eigenvalue weighted by Gasteiger charge is 2.27. The smallest absolute Gasteiger partial charge is 0.225 e.